The van der Waals surface area contributed by atoms with Crippen LogP contribution in [0, 0.1) is 18.8 Å². The molecule has 0 fully saturated rings. The summed E-state index contributed by atoms with van der Waals surface area (Å²) >= 11 is 0. The number of aryl methyl sites for hydroxylation is 1. The standard InChI is InChI=1S/C43H41N7O.Pt/c1-42(2,3)40-44-39(45-41(46-40)43(4,5)6)32-25-31-30-18-9-10-19-33(30)50(38-22-13-14-23-47(38)7)36(31)26-37(32)51-29-17-15-16-28(24-29)49-27-48(8)34-20-11-12-21-35(34)49;/h9-23,25,27H,1-8H3;/q-2;. The fourth-order valence-corrected chi connectivity index (χ4v) is 6.52. The van der Waals surface area contributed by atoms with Crippen molar-refractivity contribution in [2.24, 2.45) is 7.05 Å². The zero-order chi connectivity index (χ0) is 35.7. The van der Waals surface area contributed by atoms with E-state index in [9.17, 15) is 0 Å². The number of nitrogens with zero attached hydrogens (tertiary/aromatic N) is 7. The van der Waals surface area contributed by atoms with Crippen LogP contribution in [0.25, 0.3) is 39.0 Å². The van der Waals surface area contributed by atoms with Crippen LogP contribution in [0.5, 0.6) is 11.5 Å². The van der Waals surface area contributed by atoms with E-state index in [4.69, 9.17) is 19.7 Å². The van der Waals surface area contributed by atoms with Crippen LogP contribution in [0.15, 0.2) is 97.2 Å². The SMILES string of the molecule is CN1[CH-]N(c2[c-]c(Oc3[c-]c4c(cc3-c3nc(C(C)(C)C)nc(C(C)(C)C)n3)c3ccccc3n4-c3cccc[n+]3C)ccc2)c2ccccc21.[Pt]. The minimum absolute atomic E-state index is 0. The normalized spacial score (nSPS) is 13.1. The van der Waals surface area contributed by atoms with Crippen molar-refractivity contribution in [1.82, 2.24) is 19.5 Å². The molecule has 0 spiro atoms. The second-order valence-corrected chi connectivity index (χ2v) is 15.2. The van der Waals surface area contributed by atoms with E-state index in [0.29, 0.717) is 17.3 Å². The molecule has 8 rings (SSSR count). The predicted molar refractivity (Wildman–Crippen MR) is 204 cm³/mol. The molecule has 266 valence electrons. The van der Waals surface area contributed by atoms with Crippen molar-refractivity contribution in [2.75, 3.05) is 16.8 Å². The molecule has 0 bridgehead atoms. The maximum Gasteiger partial charge on any atom is 0.284 e. The van der Waals surface area contributed by atoms with Crippen LogP contribution in [0.3, 0.4) is 0 Å². The molecule has 1 aliphatic heterocycles. The number of benzene rings is 4. The largest absolute Gasteiger partial charge is 0.508 e. The average molecular weight is 867 g/mol. The first-order valence-electron chi connectivity index (χ1n) is 17.2. The van der Waals surface area contributed by atoms with Gasteiger partial charge >= 0.3 is 0 Å². The second-order valence-electron chi connectivity index (χ2n) is 15.2. The van der Waals surface area contributed by atoms with Gasteiger partial charge in [-0.05, 0) is 42.3 Å². The van der Waals surface area contributed by atoms with Crippen molar-refractivity contribution in [3.8, 4) is 28.7 Å². The average Bonchev–Trinajstić information content (AvgIpc) is 3.61. The summed E-state index contributed by atoms with van der Waals surface area (Å²) in [5.41, 5.74) is 5.15. The Bertz CT molecular complexity index is 2430. The topological polar surface area (TPSA) is 63.2 Å². The summed E-state index contributed by atoms with van der Waals surface area (Å²) in [6.45, 7) is 14.8. The monoisotopic (exact) mass is 866 g/mol. The molecule has 4 heterocycles. The van der Waals surface area contributed by atoms with Gasteiger partial charge in [-0.1, -0.05) is 89.4 Å². The number of hydrogen-bond donors (Lipinski definition) is 0. The summed E-state index contributed by atoms with van der Waals surface area (Å²) in [4.78, 5) is 19.4. The van der Waals surface area contributed by atoms with E-state index in [1.54, 1.807) is 0 Å². The van der Waals surface area contributed by atoms with E-state index >= 15 is 0 Å². The quantitative estimate of drug-likeness (QED) is 0.127. The number of pyridine rings is 1. The number of anilines is 3. The van der Waals surface area contributed by atoms with Crippen LogP contribution >= 0.6 is 0 Å². The predicted octanol–water partition coefficient (Wildman–Crippen LogP) is 9.15. The van der Waals surface area contributed by atoms with E-state index in [1.807, 2.05) is 37.4 Å². The third kappa shape index (κ3) is 6.23. The molecule has 0 amide bonds. The van der Waals surface area contributed by atoms with Crippen LogP contribution in [0.4, 0.5) is 17.1 Å². The Kier molecular flexibility index (Phi) is 8.94. The van der Waals surface area contributed by atoms with Gasteiger partial charge in [0, 0.05) is 66.4 Å². The van der Waals surface area contributed by atoms with Gasteiger partial charge < -0.3 is 14.5 Å². The Hall–Kier alpha value is -5.07. The van der Waals surface area contributed by atoms with Gasteiger partial charge in [0.1, 0.15) is 23.0 Å². The summed E-state index contributed by atoms with van der Waals surface area (Å²) in [5.74, 6) is 4.07. The molecule has 52 heavy (non-hydrogen) atoms. The van der Waals surface area contributed by atoms with Crippen molar-refractivity contribution in [3.05, 3.63) is 128 Å². The zero-order valence-corrected chi connectivity index (χ0v) is 32.9. The number of aromatic nitrogens is 5. The Morgan fingerprint density at radius 3 is 2.12 bits per heavy atom. The molecule has 0 aliphatic carbocycles. The second kappa shape index (κ2) is 13.2. The van der Waals surface area contributed by atoms with E-state index in [0.717, 1.165) is 61.9 Å². The summed E-state index contributed by atoms with van der Waals surface area (Å²) < 4.78 is 11.2. The fourth-order valence-electron chi connectivity index (χ4n) is 6.52. The maximum absolute atomic E-state index is 6.87. The first-order valence-corrected chi connectivity index (χ1v) is 17.2. The fraction of sp³-hybridized carbons (Fsp3) is 0.233. The number of hydrogen-bond acceptors (Lipinski definition) is 6. The molecule has 7 aromatic rings. The minimum atomic E-state index is -0.303. The molecule has 0 saturated carbocycles. The molecule has 3 aromatic heterocycles. The van der Waals surface area contributed by atoms with Crippen molar-refractivity contribution < 1.29 is 30.4 Å². The van der Waals surface area contributed by atoms with E-state index in [1.165, 1.54) is 0 Å². The molecule has 4 aromatic carbocycles. The van der Waals surface area contributed by atoms with Gasteiger partial charge in [0.2, 0.25) is 0 Å². The number of fused-ring (bicyclic) bond motifs is 4. The third-order valence-corrected chi connectivity index (χ3v) is 9.19. The number of rotatable bonds is 5. The first-order chi connectivity index (χ1) is 24.4. The van der Waals surface area contributed by atoms with E-state index < -0.39 is 0 Å². The van der Waals surface area contributed by atoms with Gasteiger partial charge in [-0.25, -0.2) is 24.1 Å². The van der Waals surface area contributed by atoms with Crippen LogP contribution in [0.1, 0.15) is 53.2 Å². The number of ether oxygens (including phenoxy) is 1. The Balaban J connectivity index is 0.00000420. The Morgan fingerprint density at radius 1 is 0.731 bits per heavy atom. The molecule has 8 nitrogen and oxygen atoms in total. The van der Waals surface area contributed by atoms with Crippen molar-refractivity contribution in [2.45, 2.75) is 52.4 Å². The summed E-state index contributed by atoms with van der Waals surface area (Å²) in [5, 5.41) is 2.12. The molecular formula is C43H41N7OPt-2. The first kappa shape index (κ1) is 35.3. The van der Waals surface area contributed by atoms with Crippen LogP contribution in [-0.2, 0) is 38.9 Å². The van der Waals surface area contributed by atoms with Gasteiger partial charge in [0.25, 0.3) is 5.82 Å². The molecule has 0 N–H and O–H groups in total. The molecule has 0 unspecified atom stereocenters. The zero-order valence-electron chi connectivity index (χ0n) is 30.7. The van der Waals surface area contributed by atoms with E-state index in [2.05, 4.69) is 153 Å². The van der Waals surface area contributed by atoms with E-state index in [-0.39, 0.29) is 31.9 Å². The molecule has 9 heteroatoms. The molecule has 1 aliphatic rings. The molecule has 0 atom stereocenters. The van der Waals surface area contributed by atoms with Gasteiger partial charge in [0.05, 0.1) is 13.2 Å². The summed E-state index contributed by atoms with van der Waals surface area (Å²) in [7, 11) is 4.11. The van der Waals surface area contributed by atoms with Crippen LogP contribution in [0.2, 0.25) is 0 Å². The van der Waals surface area contributed by atoms with Gasteiger partial charge in [-0.2, -0.15) is 12.7 Å². The molecule has 0 saturated heterocycles. The molecular weight excluding hydrogens is 826 g/mol. The van der Waals surface area contributed by atoms with Crippen molar-refractivity contribution in [3.63, 3.8) is 0 Å². The third-order valence-electron chi connectivity index (χ3n) is 9.19. The number of para-hydroxylation sites is 3. The smallest absolute Gasteiger partial charge is 0.284 e. The Labute approximate surface area is 320 Å². The van der Waals surface area contributed by atoms with Crippen LogP contribution in [-0.4, -0.2) is 26.6 Å². The van der Waals surface area contributed by atoms with Gasteiger partial charge in [-0.15, -0.1) is 30.0 Å². The maximum atomic E-state index is 6.87. The van der Waals surface area contributed by atoms with Gasteiger partial charge in [-0.3, -0.25) is 0 Å². The minimum Gasteiger partial charge on any atom is -0.508 e. The van der Waals surface area contributed by atoms with Crippen molar-refractivity contribution in [1.29, 1.82) is 0 Å². The Morgan fingerprint density at radius 2 is 1.40 bits per heavy atom. The molecule has 0 radical (unpaired) electrons. The summed E-state index contributed by atoms with van der Waals surface area (Å²) in [6.07, 6.45) is 2.06. The van der Waals surface area contributed by atoms with Crippen LogP contribution < -0.4 is 19.1 Å². The summed E-state index contributed by atoms with van der Waals surface area (Å²) in [6, 6.07) is 38.4. The van der Waals surface area contributed by atoms with Crippen molar-refractivity contribution >= 4 is 38.9 Å². The van der Waals surface area contributed by atoms with Gasteiger partial charge in [0.15, 0.2) is 0 Å².